The Morgan fingerprint density at radius 3 is 3.20 bits per heavy atom. The fraction of sp³-hybridized carbons (Fsp3) is 0.455. The summed E-state index contributed by atoms with van der Waals surface area (Å²) in [4.78, 5) is 6.21. The molecule has 1 aliphatic rings. The zero-order valence-electron chi connectivity index (χ0n) is 8.56. The molecular weight excluding hydrogens is 188 g/mol. The highest BCUT2D eigenvalue weighted by Crippen LogP contribution is 2.21. The Balaban J connectivity index is 2.25. The second-order valence-corrected chi connectivity index (χ2v) is 3.83. The maximum atomic E-state index is 8.94. The predicted molar refractivity (Wildman–Crippen MR) is 58.4 cm³/mol. The second-order valence-electron chi connectivity index (χ2n) is 3.83. The van der Waals surface area contributed by atoms with Crippen molar-refractivity contribution in [2.45, 2.75) is 18.9 Å². The van der Waals surface area contributed by atoms with Crippen molar-refractivity contribution in [2.75, 3.05) is 18.0 Å². The molecule has 1 fully saturated rings. The summed E-state index contributed by atoms with van der Waals surface area (Å²) in [6.45, 7) is 1.79. The van der Waals surface area contributed by atoms with Gasteiger partial charge in [0.1, 0.15) is 6.07 Å². The molecular formula is C11H14N4. The highest BCUT2D eigenvalue weighted by molar-refractivity contribution is 5.56. The number of nitriles is 1. The van der Waals surface area contributed by atoms with Crippen molar-refractivity contribution in [3.8, 4) is 6.07 Å². The van der Waals surface area contributed by atoms with Crippen molar-refractivity contribution in [1.29, 1.82) is 5.26 Å². The zero-order valence-corrected chi connectivity index (χ0v) is 8.56. The maximum absolute atomic E-state index is 8.94. The molecule has 0 radical (unpaired) electrons. The Hall–Kier alpha value is -1.60. The first kappa shape index (κ1) is 9.94. The minimum Gasteiger partial charge on any atom is -0.368 e. The molecule has 0 aliphatic carbocycles. The Morgan fingerprint density at radius 1 is 1.60 bits per heavy atom. The number of hydrogen-bond donors (Lipinski definition) is 1. The Bertz CT molecular complexity index is 382. The van der Waals surface area contributed by atoms with E-state index in [9.17, 15) is 0 Å². The van der Waals surface area contributed by atoms with Gasteiger partial charge in [-0.2, -0.15) is 5.26 Å². The van der Waals surface area contributed by atoms with Gasteiger partial charge in [0.25, 0.3) is 0 Å². The van der Waals surface area contributed by atoms with Crippen LogP contribution in [0.1, 0.15) is 18.5 Å². The van der Waals surface area contributed by atoms with Crippen molar-refractivity contribution >= 4 is 5.69 Å². The third kappa shape index (κ3) is 2.08. The molecule has 4 heteroatoms. The number of aromatic nitrogens is 1. The molecule has 0 aromatic carbocycles. The van der Waals surface area contributed by atoms with E-state index in [0.717, 1.165) is 31.6 Å². The molecule has 1 saturated heterocycles. The summed E-state index contributed by atoms with van der Waals surface area (Å²) >= 11 is 0. The SMILES string of the molecule is N#Cc1ncccc1N1CCCC(N)C1. The van der Waals surface area contributed by atoms with E-state index >= 15 is 0 Å². The lowest BCUT2D eigenvalue weighted by Crippen LogP contribution is -2.43. The van der Waals surface area contributed by atoms with E-state index in [-0.39, 0.29) is 6.04 Å². The average molecular weight is 202 g/mol. The number of hydrogen-bond acceptors (Lipinski definition) is 4. The lowest BCUT2D eigenvalue weighted by molar-refractivity contribution is 0.505. The third-order valence-electron chi connectivity index (χ3n) is 2.69. The molecule has 1 aliphatic heterocycles. The van der Waals surface area contributed by atoms with Gasteiger partial charge in [0.2, 0.25) is 0 Å². The molecule has 15 heavy (non-hydrogen) atoms. The largest absolute Gasteiger partial charge is 0.368 e. The minimum atomic E-state index is 0.213. The van der Waals surface area contributed by atoms with Gasteiger partial charge in [-0.05, 0) is 25.0 Å². The number of nitrogens with two attached hydrogens (primary N) is 1. The summed E-state index contributed by atoms with van der Waals surface area (Å²) in [7, 11) is 0. The van der Waals surface area contributed by atoms with E-state index in [1.165, 1.54) is 0 Å². The summed E-state index contributed by atoms with van der Waals surface area (Å²) in [5.41, 5.74) is 7.31. The molecule has 2 heterocycles. The number of piperidine rings is 1. The van der Waals surface area contributed by atoms with Gasteiger partial charge >= 0.3 is 0 Å². The molecule has 4 nitrogen and oxygen atoms in total. The number of pyridine rings is 1. The first-order valence-electron chi connectivity index (χ1n) is 5.17. The van der Waals surface area contributed by atoms with Crippen LogP contribution in [-0.2, 0) is 0 Å². The van der Waals surface area contributed by atoms with Crippen molar-refractivity contribution in [3.05, 3.63) is 24.0 Å². The molecule has 1 aromatic rings. The van der Waals surface area contributed by atoms with E-state index in [1.807, 2.05) is 12.1 Å². The predicted octanol–water partition coefficient (Wildman–Crippen LogP) is 0.881. The van der Waals surface area contributed by atoms with Crippen molar-refractivity contribution in [2.24, 2.45) is 5.73 Å². The van der Waals surface area contributed by atoms with Crippen LogP contribution in [0.3, 0.4) is 0 Å². The van der Waals surface area contributed by atoms with E-state index in [4.69, 9.17) is 11.0 Å². The van der Waals surface area contributed by atoms with Crippen LogP contribution in [0.5, 0.6) is 0 Å². The Morgan fingerprint density at radius 2 is 2.47 bits per heavy atom. The summed E-state index contributed by atoms with van der Waals surface area (Å²) in [6.07, 6.45) is 3.80. The first-order chi connectivity index (χ1) is 7.31. The molecule has 78 valence electrons. The van der Waals surface area contributed by atoms with Gasteiger partial charge in [-0.3, -0.25) is 0 Å². The topological polar surface area (TPSA) is 65.9 Å². The highest BCUT2D eigenvalue weighted by atomic mass is 15.2. The smallest absolute Gasteiger partial charge is 0.163 e. The van der Waals surface area contributed by atoms with Crippen LogP contribution < -0.4 is 10.6 Å². The number of nitrogens with zero attached hydrogens (tertiary/aromatic N) is 3. The van der Waals surface area contributed by atoms with Crippen LogP contribution in [0.4, 0.5) is 5.69 Å². The summed E-state index contributed by atoms with van der Waals surface area (Å²) < 4.78 is 0. The molecule has 2 N–H and O–H groups in total. The van der Waals surface area contributed by atoms with Crippen molar-refractivity contribution < 1.29 is 0 Å². The molecule has 0 spiro atoms. The van der Waals surface area contributed by atoms with Gasteiger partial charge < -0.3 is 10.6 Å². The van der Waals surface area contributed by atoms with Gasteiger partial charge in [0.05, 0.1) is 5.69 Å². The Labute approximate surface area is 89.3 Å². The van der Waals surface area contributed by atoms with Gasteiger partial charge in [0, 0.05) is 25.3 Å². The molecule has 2 rings (SSSR count). The first-order valence-corrected chi connectivity index (χ1v) is 5.17. The van der Waals surface area contributed by atoms with E-state index in [1.54, 1.807) is 6.20 Å². The van der Waals surface area contributed by atoms with Crippen molar-refractivity contribution in [3.63, 3.8) is 0 Å². The van der Waals surface area contributed by atoms with E-state index in [0.29, 0.717) is 5.69 Å². The quantitative estimate of drug-likeness (QED) is 0.734. The van der Waals surface area contributed by atoms with Crippen LogP contribution >= 0.6 is 0 Å². The zero-order chi connectivity index (χ0) is 10.7. The second kappa shape index (κ2) is 4.28. The summed E-state index contributed by atoms with van der Waals surface area (Å²) in [5, 5.41) is 8.94. The lowest BCUT2D eigenvalue weighted by Gasteiger charge is -2.32. The average Bonchev–Trinajstić information content (AvgIpc) is 2.29. The monoisotopic (exact) mass is 202 g/mol. The molecule has 0 saturated carbocycles. The fourth-order valence-electron chi connectivity index (χ4n) is 1.97. The van der Waals surface area contributed by atoms with Crippen LogP contribution in [0.15, 0.2) is 18.3 Å². The number of anilines is 1. The maximum Gasteiger partial charge on any atom is 0.163 e. The third-order valence-corrected chi connectivity index (χ3v) is 2.69. The molecule has 0 amide bonds. The Kier molecular flexibility index (Phi) is 2.84. The van der Waals surface area contributed by atoms with Crippen LogP contribution in [0.2, 0.25) is 0 Å². The summed E-state index contributed by atoms with van der Waals surface area (Å²) in [5.74, 6) is 0. The van der Waals surface area contributed by atoms with Gasteiger partial charge in [-0.25, -0.2) is 4.98 Å². The highest BCUT2D eigenvalue weighted by Gasteiger charge is 2.19. The van der Waals surface area contributed by atoms with Crippen LogP contribution in [-0.4, -0.2) is 24.1 Å². The molecule has 1 aromatic heterocycles. The van der Waals surface area contributed by atoms with Crippen LogP contribution in [0, 0.1) is 11.3 Å². The van der Waals surface area contributed by atoms with Gasteiger partial charge in [-0.1, -0.05) is 0 Å². The summed E-state index contributed by atoms with van der Waals surface area (Å²) in [6, 6.07) is 6.12. The minimum absolute atomic E-state index is 0.213. The molecule has 1 unspecified atom stereocenters. The van der Waals surface area contributed by atoms with E-state index < -0.39 is 0 Å². The van der Waals surface area contributed by atoms with Gasteiger partial charge in [-0.15, -0.1) is 0 Å². The van der Waals surface area contributed by atoms with E-state index in [2.05, 4.69) is 16.0 Å². The lowest BCUT2D eigenvalue weighted by atomic mass is 10.1. The van der Waals surface area contributed by atoms with Crippen molar-refractivity contribution in [1.82, 2.24) is 4.98 Å². The van der Waals surface area contributed by atoms with Crippen LogP contribution in [0.25, 0.3) is 0 Å². The standard InChI is InChI=1S/C11H14N4/c12-7-10-11(4-1-5-14-10)15-6-2-3-9(13)8-15/h1,4-5,9H,2-3,6,8,13H2. The molecule has 0 bridgehead atoms. The normalized spacial score (nSPS) is 21.1. The number of rotatable bonds is 1. The van der Waals surface area contributed by atoms with Gasteiger partial charge in [0.15, 0.2) is 5.69 Å². The fourth-order valence-corrected chi connectivity index (χ4v) is 1.97. The molecule has 1 atom stereocenters.